The van der Waals surface area contributed by atoms with Crippen molar-refractivity contribution in [1.82, 2.24) is 9.88 Å². The minimum Gasteiger partial charge on any atom is -0.490 e. The summed E-state index contributed by atoms with van der Waals surface area (Å²) in [4.78, 5) is 25.0. The number of aliphatic hydroxyl groups excluding tert-OH is 1. The van der Waals surface area contributed by atoms with Crippen LogP contribution < -0.4 is 4.74 Å². The van der Waals surface area contributed by atoms with Crippen LogP contribution >= 0.6 is 22.9 Å². The van der Waals surface area contributed by atoms with Crippen LogP contribution in [0.15, 0.2) is 60.8 Å². The molecule has 0 spiro atoms. The first-order valence-electron chi connectivity index (χ1n) is 11.7. The molecule has 5 rings (SSSR count). The Balaban J connectivity index is 0.000000480. The molecule has 3 heterocycles. The number of carboxylic acids is 2. The normalized spacial score (nSPS) is 16.6. The molecule has 0 aliphatic carbocycles. The molecule has 194 valence electrons. The molecule has 37 heavy (non-hydrogen) atoms. The Morgan fingerprint density at radius 1 is 1.19 bits per heavy atom. The number of fused-ring (bicyclic) bond motifs is 2. The van der Waals surface area contributed by atoms with Crippen molar-refractivity contribution in [2.24, 2.45) is 0 Å². The summed E-state index contributed by atoms with van der Waals surface area (Å²) >= 11 is 7.96. The summed E-state index contributed by atoms with van der Waals surface area (Å²) in [5.74, 6) is -2.85. The van der Waals surface area contributed by atoms with Crippen LogP contribution in [0.1, 0.15) is 18.2 Å². The van der Waals surface area contributed by atoms with Gasteiger partial charge >= 0.3 is 11.9 Å². The van der Waals surface area contributed by atoms with Crippen LogP contribution in [0.4, 0.5) is 0 Å². The second-order valence-corrected chi connectivity index (χ2v) is 10.3. The quantitative estimate of drug-likeness (QED) is 0.250. The van der Waals surface area contributed by atoms with E-state index in [4.69, 9.17) is 36.1 Å². The third kappa shape index (κ3) is 6.69. The number of aliphatic hydroxyl groups is 1. The number of H-pyrrole nitrogens is 1. The third-order valence-corrected chi connectivity index (χ3v) is 7.52. The van der Waals surface area contributed by atoms with Crippen molar-refractivity contribution in [1.29, 1.82) is 0 Å². The number of hydrogen-bond donors (Lipinski definition) is 4. The number of thiophene rings is 1. The number of nitrogens with zero attached hydrogens (tertiary/aromatic N) is 1. The number of ether oxygens (including phenoxy) is 1. The molecule has 1 unspecified atom stereocenters. The number of aliphatic carboxylic acids is 2. The van der Waals surface area contributed by atoms with E-state index in [1.165, 1.54) is 20.5 Å². The van der Waals surface area contributed by atoms with Gasteiger partial charge in [-0.2, -0.15) is 0 Å². The lowest BCUT2D eigenvalue weighted by molar-refractivity contribution is -0.159. The highest BCUT2D eigenvalue weighted by Gasteiger charge is 2.23. The topological polar surface area (TPSA) is 123 Å². The Labute approximate surface area is 222 Å². The van der Waals surface area contributed by atoms with Gasteiger partial charge < -0.3 is 25.0 Å². The van der Waals surface area contributed by atoms with Crippen LogP contribution in [0.5, 0.6) is 5.75 Å². The number of benzene rings is 2. The smallest absolute Gasteiger partial charge is 0.414 e. The van der Waals surface area contributed by atoms with E-state index in [2.05, 4.69) is 35.0 Å². The van der Waals surface area contributed by atoms with Crippen LogP contribution in [-0.4, -0.2) is 69.0 Å². The zero-order valence-electron chi connectivity index (χ0n) is 20.1. The van der Waals surface area contributed by atoms with Gasteiger partial charge in [-0.1, -0.05) is 23.7 Å². The molecule has 2 atom stereocenters. The molecule has 2 aromatic heterocycles. The molecule has 0 saturated heterocycles. The summed E-state index contributed by atoms with van der Waals surface area (Å²) in [5.41, 5.74) is 2.42. The maximum absolute atomic E-state index is 10.6. The summed E-state index contributed by atoms with van der Waals surface area (Å²) < 4.78 is 7.19. The van der Waals surface area contributed by atoms with Gasteiger partial charge in [0.15, 0.2) is 0 Å². The van der Waals surface area contributed by atoms with Gasteiger partial charge in [0.25, 0.3) is 0 Å². The Kier molecular flexibility index (Phi) is 8.50. The number of β-amino-alcohol motifs (C(OH)–C–C–N with tert-alkyl or cyclic N) is 1. The fraction of sp³-hybridized carbons (Fsp3) is 0.259. The van der Waals surface area contributed by atoms with Crippen molar-refractivity contribution in [3.63, 3.8) is 0 Å². The second kappa shape index (κ2) is 11.8. The zero-order chi connectivity index (χ0) is 26.5. The maximum Gasteiger partial charge on any atom is 0.414 e. The molecular weight excluding hydrogens is 516 g/mol. The average molecular weight is 543 g/mol. The minimum absolute atomic E-state index is 0.264. The number of nitrogens with one attached hydrogen (secondary N) is 1. The number of hydrogen-bond acceptors (Lipinski definition) is 6. The number of carbonyl (C=O) groups is 2. The molecule has 2 aromatic carbocycles. The van der Waals surface area contributed by atoms with E-state index in [1.54, 1.807) is 0 Å². The van der Waals surface area contributed by atoms with Gasteiger partial charge in [0.1, 0.15) is 18.5 Å². The van der Waals surface area contributed by atoms with Crippen molar-refractivity contribution in [2.45, 2.75) is 25.5 Å². The molecule has 1 aliphatic rings. The van der Waals surface area contributed by atoms with Gasteiger partial charge in [-0.25, -0.2) is 9.59 Å². The summed E-state index contributed by atoms with van der Waals surface area (Å²) in [6.07, 6.45) is 4.65. The van der Waals surface area contributed by atoms with Gasteiger partial charge in [-0.05, 0) is 66.8 Å². The molecule has 0 amide bonds. The van der Waals surface area contributed by atoms with Gasteiger partial charge in [-0.3, -0.25) is 4.90 Å². The van der Waals surface area contributed by atoms with E-state index in [0.29, 0.717) is 6.54 Å². The second-order valence-electron chi connectivity index (χ2n) is 8.74. The van der Waals surface area contributed by atoms with E-state index < -0.39 is 18.0 Å². The highest BCUT2D eigenvalue weighted by molar-refractivity contribution is 7.20. The number of aromatic nitrogens is 1. The molecule has 0 radical (unpaired) electrons. The Bertz CT molecular complexity index is 1430. The SMILES string of the molecule is CC1C=C(c2cc3cc(Cl)ccc3s2)CCN1C[C@H](O)COc1cccc2[nH]ccc12.O=C(O)C(=O)O. The van der Waals surface area contributed by atoms with E-state index in [0.717, 1.165) is 34.6 Å². The first kappa shape index (κ1) is 26.7. The first-order valence-corrected chi connectivity index (χ1v) is 12.9. The Morgan fingerprint density at radius 3 is 2.70 bits per heavy atom. The predicted octanol–water partition coefficient (Wildman–Crippen LogP) is 5.11. The van der Waals surface area contributed by atoms with Gasteiger partial charge in [0.05, 0.1) is 0 Å². The highest BCUT2D eigenvalue weighted by atomic mass is 35.5. The molecule has 0 fully saturated rings. The Hall–Kier alpha value is -3.37. The average Bonchev–Trinajstić information content (AvgIpc) is 3.51. The summed E-state index contributed by atoms with van der Waals surface area (Å²) in [7, 11) is 0. The lowest BCUT2D eigenvalue weighted by Crippen LogP contribution is -2.42. The fourth-order valence-corrected chi connectivity index (χ4v) is 5.55. The molecule has 4 N–H and O–H groups in total. The summed E-state index contributed by atoms with van der Waals surface area (Å²) in [6.45, 7) is 3.99. The van der Waals surface area contributed by atoms with Gasteiger partial charge in [-0.15, -0.1) is 11.3 Å². The molecular formula is C27H27ClN2O6S. The lowest BCUT2D eigenvalue weighted by Gasteiger charge is -2.33. The van der Waals surface area contributed by atoms with Crippen molar-refractivity contribution < 1.29 is 29.6 Å². The largest absolute Gasteiger partial charge is 0.490 e. The molecule has 1 aliphatic heterocycles. The zero-order valence-corrected chi connectivity index (χ0v) is 21.6. The molecule has 8 nitrogen and oxygen atoms in total. The Morgan fingerprint density at radius 2 is 1.97 bits per heavy atom. The van der Waals surface area contributed by atoms with Crippen molar-refractivity contribution in [3.8, 4) is 5.75 Å². The van der Waals surface area contributed by atoms with Gasteiger partial charge in [0, 0.05) is 50.8 Å². The van der Waals surface area contributed by atoms with Crippen LogP contribution in [-0.2, 0) is 9.59 Å². The van der Waals surface area contributed by atoms with Gasteiger partial charge in [0.2, 0.25) is 0 Å². The number of aromatic amines is 1. The van der Waals surface area contributed by atoms with Crippen LogP contribution in [0.3, 0.4) is 0 Å². The number of halogens is 1. The number of rotatable bonds is 6. The summed E-state index contributed by atoms with van der Waals surface area (Å²) in [6, 6.07) is 16.5. The molecule has 10 heteroatoms. The molecule has 4 aromatic rings. The van der Waals surface area contributed by atoms with E-state index in [9.17, 15) is 5.11 Å². The molecule has 0 saturated carbocycles. The first-order chi connectivity index (χ1) is 17.7. The highest BCUT2D eigenvalue weighted by Crippen LogP contribution is 2.35. The van der Waals surface area contributed by atoms with Crippen LogP contribution in [0.2, 0.25) is 5.02 Å². The van der Waals surface area contributed by atoms with Crippen molar-refractivity contribution in [3.05, 3.63) is 70.7 Å². The standard InChI is InChI=1S/C25H25ClN2O2S.C2H2O4/c1-16-11-17(25-13-18-12-19(26)5-6-24(18)31-25)8-10-28(16)14-20(29)15-30-23-4-2-3-22-21(23)7-9-27-22;3-1(4)2(5)6/h2-7,9,11-13,16,20,27,29H,8,10,14-15H2,1H3;(H,3,4)(H,5,6)/t16?,20-;/m0./s1. The lowest BCUT2D eigenvalue weighted by atomic mass is 10.0. The monoisotopic (exact) mass is 542 g/mol. The van der Waals surface area contributed by atoms with E-state index in [1.807, 2.05) is 53.9 Å². The summed E-state index contributed by atoms with van der Waals surface area (Å²) in [5, 5.41) is 28.4. The maximum atomic E-state index is 10.6. The fourth-order valence-electron chi connectivity index (χ4n) is 4.27. The van der Waals surface area contributed by atoms with E-state index in [-0.39, 0.29) is 12.6 Å². The van der Waals surface area contributed by atoms with Crippen LogP contribution in [0.25, 0.3) is 26.6 Å². The van der Waals surface area contributed by atoms with Crippen molar-refractivity contribution >= 4 is 61.4 Å². The van der Waals surface area contributed by atoms with Crippen LogP contribution in [0, 0.1) is 0 Å². The predicted molar refractivity (Wildman–Crippen MR) is 146 cm³/mol. The molecule has 0 bridgehead atoms. The van der Waals surface area contributed by atoms with E-state index >= 15 is 0 Å². The minimum atomic E-state index is -1.82. The number of carboxylic acid groups (broad SMARTS) is 2. The third-order valence-electron chi connectivity index (χ3n) is 6.10. The van der Waals surface area contributed by atoms with Crippen molar-refractivity contribution in [2.75, 3.05) is 19.7 Å².